The number of allylic oxidation sites excluding steroid dienone is 9. The maximum atomic E-state index is 13.7. The van der Waals surface area contributed by atoms with Crippen molar-refractivity contribution < 1.29 is 8.78 Å². The van der Waals surface area contributed by atoms with Crippen LogP contribution in [0.25, 0.3) is 5.57 Å². The molecule has 2 aromatic rings. The Kier molecular flexibility index (Phi) is 10.5. The highest BCUT2D eigenvalue weighted by molar-refractivity contribution is 5.79. The number of H-pyrrole nitrogens is 1. The third kappa shape index (κ3) is 7.96. The number of nitrogens with one attached hydrogen (secondary N) is 1. The molecule has 1 aliphatic rings. The van der Waals surface area contributed by atoms with Gasteiger partial charge in [-0.15, -0.1) is 0 Å². The second-order valence-corrected chi connectivity index (χ2v) is 9.81. The largest absolute Gasteiger partial charge is 0.399 e. The summed E-state index contributed by atoms with van der Waals surface area (Å²) < 4.78 is 27.4. The van der Waals surface area contributed by atoms with Gasteiger partial charge in [-0.3, -0.25) is 9.88 Å². The Labute approximate surface area is 236 Å². The number of likely N-dealkylation sites (tertiary alicyclic amines) is 1. The molecule has 3 rings (SSSR count). The number of aromatic nitrogens is 3. The minimum Gasteiger partial charge on any atom is -0.399 e. The van der Waals surface area contributed by atoms with Crippen molar-refractivity contribution in [3.05, 3.63) is 138 Å². The number of rotatable bonds is 12. The summed E-state index contributed by atoms with van der Waals surface area (Å²) in [6.45, 7) is 18.2. The number of nitrogens with zero attached hydrogens (tertiary/aromatic N) is 3. The molecular weight excluding hydrogens is 504 g/mol. The number of hydrogen-bond donors (Lipinski definition) is 2. The third-order valence-electron chi connectivity index (χ3n) is 6.76. The van der Waals surface area contributed by atoms with Gasteiger partial charge in [0, 0.05) is 60.9 Å². The summed E-state index contributed by atoms with van der Waals surface area (Å²) in [5, 5.41) is 0. The Morgan fingerprint density at radius 3 is 2.48 bits per heavy atom. The fourth-order valence-electron chi connectivity index (χ4n) is 4.68. The lowest BCUT2D eigenvalue weighted by atomic mass is 9.97. The zero-order valence-electron chi connectivity index (χ0n) is 23.7. The maximum Gasteiger partial charge on any atom is 0.261 e. The minimum atomic E-state index is -2.63. The quantitative estimate of drug-likeness (QED) is 0.282. The molecule has 1 saturated heterocycles. The molecule has 3 heterocycles. The first-order valence-electron chi connectivity index (χ1n) is 13.3. The summed E-state index contributed by atoms with van der Waals surface area (Å²) in [4.78, 5) is 14.3. The second kappa shape index (κ2) is 13.8. The third-order valence-corrected chi connectivity index (χ3v) is 6.76. The van der Waals surface area contributed by atoms with Crippen LogP contribution in [0.15, 0.2) is 115 Å². The Morgan fingerprint density at radius 2 is 1.93 bits per heavy atom. The molecule has 0 unspecified atom stereocenters. The zero-order valence-corrected chi connectivity index (χ0v) is 23.7. The first kappa shape index (κ1) is 30.4. The molecule has 0 radical (unpaired) electrons. The van der Waals surface area contributed by atoms with Crippen LogP contribution in [-0.2, 0) is 6.42 Å². The predicted molar refractivity (Wildman–Crippen MR) is 162 cm³/mol. The van der Waals surface area contributed by atoms with Crippen molar-refractivity contribution in [2.24, 2.45) is 5.73 Å². The number of halogens is 2. The van der Waals surface area contributed by atoms with Gasteiger partial charge >= 0.3 is 0 Å². The molecule has 1 fully saturated rings. The molecule has 5 nitrogen and oxygen atoms in total. The van der Waals surface area contributed by atoms with Crippen LogP contribution in [0.5, 0.6) is 0 Å². The van der Waals surface area contributed by atoms with Gasteiger partial charge in [-0.2, -0.15) is 0 Å². The molecule has 0 amide bonds. The van der Waals surface area contributed by atoms with Crippen LogP contribution in [0, 0.1) is 6.92 Å². The predicted octanol–water partition coefficient (Wildman–Crippen LogP) is 7.02. The van der Waals surface area contributed by atoms with Crippen LogP contribution < -0.4 is 5.73 Å². The first-order chi connectivity index (χ1) is 19.1. The van der Waals surface area contributed by atoms with E-state index in [1.54, 1.807) is 29.4 Å². The van der Waals surface area contributed by atoms with Gasteiger partial charge in [0.1, 0.15) is 5.82 Å². The van der Waals surface area contributed by atoms with Crippen LogP contribution >= 0.6 is 0 Å². The number of alkyl halides is 2. The molecule has 1 aliphatic heterocycles. The van der Waals surface area contributed by atoms with Crippen molar-refractivity contribution in [1.82, 2.24) is 19.9 Å². The number of hydrogen-bond acceptors (Lipinski definition) is 4. The average molecular weight is 544 g/mol. The van der Waals surface area contributed by atoms with E-state index in [1.807, 2.05) is 63.3 Å². The molecule has 0 bridgehead atoms. The van der Waals surface area contributed by atoms with Crippen molar-refractivity contribution in [3.63, 3.8) is 0 Å². The van der Waals surface area contributed by atoms with Crippen molar-refractivity contribution in [1.29, 1.82) is 0 Å². The minimum absolute atomic E-state index is 0.111. The van der Waals surface area contributed by atoms with E-state index in [-0.39, 0.29) is 13.0 Å². The van der Waals surface area contributed by atoms with E-state index in [0.29, 0.717) is 25.2 Å². The van der Waals surface area contributed by atoms with Crippen molar-refractivity contribution in [2.45, 2.75) is 39.5 Å². The van der Waals surface area contributed by atoms with Gasteiger partial charge < -0.3 is 10.7 Å². The summed E-state index contributed by atoms with van der Waals surface area (Å²) in [5.74, 6) is -1.88. The van der Waals surface area contributed by atoms with E-state index in [0.717, 1.165) is 50.6 Å². The molecule has 3 N–H and O–H groups in total. The topological polar surface area (TPSA) is 70.8 Å². The fraction of sp³-hybridized carbons (Fsp3) is 0.273. The molecule has 210 valence electrons. The number of aryl methyl sites for hydroxylation is 1. The normalized spacial score (nSPS) is 17.3. The molecule has 0 aromatic carbocycles. The van der Waals surface area contributed by atoms with E-state index in [1.165, 1.54) is 0 Å². The second-order valence-electron chi connectivity index (χ2n) is 9.81. The summed E-state index contributed by atoms with van der Waals surface area (Å²) in [7, 11) is 0. The summed E-state index contributed by atoms with van der Waals surface area (Å²) >= 11 is 0. The number of imidazole rings is 1. The van der Waals surface area contributed by atoms with E-state index in [9.17, 15) is 8.78 Å². The number of nitrogens with two attached hydrogens (primary N) is 1. The lowest BCUT2D eigenvalue weighted by Gasteiger charge is -2.17. The summed E-state index contributed by atoms with van der Waals surface area (Å²) in [6.07, 6.45) is 17.2. The van der Waals surface area contributed by atoms with E-state index >= 15 is 0 Å². The van der Waals surface area contributed by atoms with Gasteiger partial charge in [0.05, 0.1) is 12.2 Å². The average Bonchev–Trinajstić information content (AvgIpc) is 3.47. The molecule has 2 aromatic heterocycles. The molecule has 0 spiro atoms. The summed E-state index contributed by atoms with van der Waals surface area (Å²) in [5.41, 5.74) is 13.8. The van der Waals surface area contributed by atoms with E-state index in [2.05, 4.69) is 29.7 Å². The van der Waals surface area contributed by atoms with Crippen molar-refractivity contribution >= 4 is 5.57 Å². The molecule has 0 atom stereocenters. The van der Waals surface area contributed by atoms with Gasteiger partial charge in [-0.1, -0.05) is 62.3 Å². The maximum absolute atomic E-state index is 13.7. The van der Waals surface area contributed by atoms with Crippen LogP contribution in [0.2, 0.25) is 0 Å². The molecule has 40 heavy (non-hydrogen) atoms. The van der Waals surface area contributed by atoms with E-state index < -0.39 is 5.92 Å². The smallest absolute Gasteiger partial charge is 0.261 e. The fourth-order valence-corrected chi connectivity index (χ4v) is 4.68. The van der Waals surface area contributed by atoms with Crippen LogP contribution in [0.3, 0.4) is 0 Å². The zero-order chi connectivity index (χ0) is 29.3. The SMILES string of the molecule is C=C/C=C(/c1cccnc1)c1nc(C/C(=C/C(=C\C)C(/C=C(\C=C)CN2CCC(F)(F)C2)=C/C)C(=C)N)[nH]c1C. The first-order valence-corrected chi connectivity index (χ1v) is 13.3. The van der Waals surface area contributed by atoms with Gasteiger partial charge in [-0.25, -0.2) is 13.8 Å². The molecule has 0 aliphatic carbocycles. The van der Waals surface area contributed by atoms with E-state index in [4.69, 9.17) is 10.7 Å². The monoisotopic (exact) mass is 543 g/mol. The Balaban J connectivity index is 1.88. The van der Waals surface area contributed by atoms with Gasteiger partial charge in [0.15, 0.2) is 0 Å². The highest BCUT2D eigenvalue weighted by Gasteiger charge is 2.37. The number of aromatic amines is 1. The van der Waals surface area contributed by atoms with Crippen molar-refractivity contribution in [3.8, 4) is 0 Å². The lowest BCUT2D eigenvalue weighted by Crippen LogP contribution is -2.26. The van der Waals surface area contributed by atoms with Gasteiger partial charge in [-0.05, 0) is 55.2 Å². The molecular formula is C33H39F2N5. The lowest BCUT2D eigenvalue weighted by molar-refractivity contribution is 0.0131. The Morgan fingerprint density at radius 1 is 1.20 bits per heavy atom. The standard InChI is InChI=1S/C33H39F2N5/c1-7-12-30(28-13-11-15-37-20-28)32-24(6)38-31(39-32)19-29(23(5)36)18-27(10-4)26(9-3)17-25(8-2)21-40-16-14-33(34,35)22-40/h7-13,15,17-18,20H,1-2,5,14,16,19,21-22,36H2,3-4,6H3,(H,38,39)/b25-17+,26-9+,27-10+,29-18-,30-12-. The number of pyridine rings is 1. The van der Waals surface area contributed by atoms with Crippen LogP contribution in [-0.4, -0.2) is 45.4 Å². The Bertz CT molecular complexity index is 1390. The van der Waals surface area contributed by atoms with Crippen LogP contribution in [0.1, 0.15) is 43.0 Å². The van der Waals surface area contributed by atoms with Gasteiger partial charge in [0.25, 0.3) is 5.92 Å². The van der Waals surface area contributed by atoms with Crippen molar-refractivity contribution in [2.75, 3.05) is 19.6 Å². The molecule has 0 saturated carbocycles. The Hall–Kier alpha value is -4.10. The highest BCUT2D eigenvalue weighted by Crippen LogP contribution is 2.29. The molecule has 7 heteroatoms. The van der Waals surface area contributed by atoms with Crippen LogP contribution in [0.4, 0.5) is 8.78 Å². The van der Waals surface area contributed by atoms with Gasteiger partial charge in [0.2, 0.25) is 0 Å². The highest BCUT2D eigenvalue weighted by atomic mass is 19.3. The summed E-state index contributed by atoms with van der Waals surface area (Å²) in [6, 6.07) is 3.87.